The fourth-order valence-corrected chi connectivity index (χ4v) is 3.06. The molecule has 0 aliphatic rings. The normalized spacial score (nSPS) is 12.6. The molecule has 0 aliphatic heterocycles. The molecule has 0 atom stereocenters. The van der Waals surface area contributed by atoms with Gasteiger partial charge in [-0.3, -0.25) is 9.13 Å². The van der Waals surface area contributed by atoms with Crippen LogP contribution in [0.25, 0.3) is 0 Å². The molecule has 12 heteroatoms. The van der Waals surface area contributed by atoms with Crippen molar-refractivity contribution in [2.45, 2.75) is 17.9 Å². The first-order chi connectivity index (χ1) is 6.06. The molecule has 16 heavy (non-hydrogen) atoms. The van der Waals surface area contributed by atoms with Crippen LogP contribution in [-0.4, -0.2) is 117 Å². The Morgan fingerprint density at radius 2 is 1.38 bits per heavy atom. The zero-order chi connectivity index (χ0) is 11.6. The van der Waals surface area contributed by atoms with Gasteiger partial charge in [0.2, 0.25) is 0 Å². The Morgan fingerprint density at radius 1 is 1.06 bits per heavy atom. The van der Waals surface area contributed by atoms with Crippen molar-refractivity contribution in [3.8, 4) is 0 Å². The van der Waals surface area contributed by atoms with Gasteiger partial charge in [-0.25, -0.2) is 0 Å². The van der Waals surface area contributed by atoms with E-state index in [2.05, 4.69) is 0 Å². The van der Waals surface area contributed by atoms with Crippen LogP contribution < -0.4 is 5.73 Å². The first-order valence-electron chi connectivity index (χ1n) is 3.60. The zero-order valence-electron chi connectivity index (χ0n) is 7.15. The van der Waals surface area contributed by atoms with Gasteiger partial charge in [0.05, 0.1) is 0 Å². The number of hydrogen-bond acceptors (Lipinski definition) is 4. The van der Waals surface area contributed by atoms with Gasteiger partial charge in [-0.1, -0.05) is 0 Å². The fraction of sp³-hybridized carbons (Fsp3) is 1.00. The summed E-state index contributed by atoms with van der Waals surface area (Å²) in [7, 11) is -10.6. The van der Waals surface area contributed by atoms with E-state index in [1.165, 1.54) is 0 Å². The van der Waals surface area contributed by atoms with Crippen LogP contribution in [0.4, 0.5) is 0 Å². The molecule has 0 unspecified atom stereocenters. The van der Waals surface area contributed by atoms with Crippen LogP contribution in [-0.2, 0) is 9.13 Å². The van der Waals surface area contributed by atoms with Gasteiger partial charge in [-0.2, -0.15) is 0 Å². The van der Waals surface area contributed by atoms with Crippen molar-refractivity contribution in [1.29, 1.82) is 0 Å². The van der Waals surface area contributed by atoms with E-state index in [0.717, 1.165) is 0 Å². The van der Waals surface area contributed by atoms with Crippen LogP contribution in [0.1, 0.15) is 12.8 Å². The van der Waals surface area contributed by atoms with E-state index >= 15 is 0 Å². The van der Waals surface area contributed by atoms with Crippen molar-refractivity contribution >= 4 is 96.1 Å². The molecule has 0 fully saturated rings. The third-order valence-corrected chi connectivity index (χ3v) is 5.53. The van der Waals surface area contributed by atoms with Crippen LogP contribution in [0.3, 0.4) is 0 Å². The Morgan fingerprint density at radius 3 is 1.56 bits per heavy atom. The van der Waals surface area contributed by atoms with Gasteiger partial charge in [0.1, 0.15) is 0 Å². The Hall–Kier alpha value is 2.86. The van der Waals surface area contributed by atoms with Gasteiger partial charge in [0.15, 0.2) is 0 Å². The second-order valence-electron chi connectivity index (χ2n) is 2.75. The van der Waals surface area contributed by atoms with Crippen molar-refractivity contribution < 1.29 is 33.8 Å². The van der Waals surface area contributed by atoms with Crippen LogP contribution in [0, 0.1) is 0 Å². The van der Waals surface area contributed by atoms with Crippen LogP contribution in [0.2, 0.25) is 0 Å². The fourth-order valence-electron chi connectivity index (χ4n) is 0.800. The van der Waals surface area contributed by atoms with E-state index < -0.39 is 26.7 Å². The molecular formula is C4H15KNNaO7P2. The van der Waals surface area contributed by atoms with E-state index in [1.54, 1.807) is 0 Å². The molecule has 8 nitrogen and oxygen atoms in total. The molecule has 0 aliphatic carbocycles. The van der Waals surface area contributed by atoms with Gasteiger partial charge in [-0.05, 0) is 13.0 Å². The minimum atomic E-state index is -5.30. The molecule has 0 spiro atoms. The predicted molar refractivity (Wildman–Crippen MR) is 61.6 cm³/mol. The Kier molecular flexibility index (Phi) is 13.3. The Labute approximate surface area is 157 Å². The third kappa shape index (κ3) is 6.34. The van der Waals surface area contributed by atoms with Gasteiger partial charge in [0, 0.05) is 6.42 Å². The Bertz CT molecular complexity index is 268. The number of aliphatic hydroxyl groups is 1. The van der Waals surface area contributed by atoms with E-state index in [4.69, 9.17) is 25.3 Å². The second-order valence-corrected chi connectivity index (χ2v) is 6.76. The molecule has 7 N–H and O–H groups in total. The molecule has 0 amide bonds. The maximum atomic E-state index is 10.7. The quantitative estimate of drug-likeness (QED) is 0.238. The van der Waals surface area contributed by atoms with Gasteiger partial charge in [0.25, 0.3) is 5.08 Å². The number of nitrogens with two attached hydrogens (primary N) is 1. The first kappa shape index (κ1) is 23.9. The molecule has 0 aromatic heterocycles. The second kappa shape index (κ2) is 8.91. The number of hydrogen-bond donors (Lipinski definition) is 6. The van der Waals surface area contributed by atoms with Gasteiger partial charge in [-0.15, -0.1) is 0 Å². The molecule has 90 valence electrons. The summed E-state index contributed by atoms with van der Waals surface area (Å²) in [6.45, 7) is -0.0394. The van der Waals surface area contributed by atoms with E-state index in [-0.39, 0.29) is 93.9 Å². The predicted octanol–water partition coefficient (Wildman–Crippen LogP) is -2.57. The van der Waals surface area contributed by atoms with Gasteiger partial charge < -0.3 is 30.4 Å². The van der Waals surface area contributed by atoms with Crippen molar-refractivity contribution in [3.05, 3.63) is 0 Å². The molecule has 0 aromatic rings. The summed E-state index contributed by atoms with van der Waals surface area (Å²) < 4.78 is 21.4. The van der Waals surface area contributed by atoms with E-state index in [9.17, 15) is 14.2 Å². The molecule has 0 saturated carbocycles. The third-order valence-electron chi connectivity index (χ3n) is 1.65. The summed E-state index contributed by atoms with van der Waals surface area (Å²) in [6.07, 6.45) is -0.856. The summed E-state index contributed by atoms with van der Waals surface area (Å²) in [5, 5.41) is 5.91. The molecule has 0 heterocycles. The summed E-state index contributed by atoms with van der Waals surface area (Å²) in [5.74, 6) is 0. The average Bonchev–Trinajstić information content (AvgIpc) is 1.95. The summed E-state index contributed by atoms with van der Waals surface area (Å²) in [6, 6.07) is 0. The van der Waals surface area contributed by atoms with Crippen LogP contribution >= 0.6 is 15.2 Å². The zero-order valence-corrected chi connectivity index (χ0v) is 8.93. The average molecular weight is 313 g/mol. The summed E-state index contributed by atoms with van der Waals surface area (Å²) >= 11 is 0. The Balaban J connectivity index is -0.000000845. The van der Waals surface area contributed by atoms with E-state index in [0.29, 0.717) is 0 Å². The topological polar surface area (TPSA) is 161 Å². The summed E-state index contributed by atoms with van der Waals surface area (Å²) in [5.41, 5.74) is 5.01. The van der Waals surface area contributed by atoms with Crippen molar-refractivity contribution in [2.75, 3.05) is 6.54 Å². The van der Waals surface area contributed by atoms with Crippen molar-refractivity contribution in [1.82, 2.24) is 0 Å². The number of rotatable bonds is 5. The monoisotopic (exact) mass is 313 g/mol. The van der Waals surface area contributed by atoms with Crippen molar-refractivity contribution in [2.24, 2.45) is 5.73 Å². The molecule has 0 rings (SSSR count). The van der Waals surface area contributed by atoms with Crippen LogP contribution in [0.5, 0.6) is 0 Å². The molecule has 0 aromatic carbocycles. The molecule has 0 bridgehead atoms. The molecule has 0 radical (unpaired) electrons. The SMILES string of the molecule is NCCCC(O)(P(=O)(O)O)P(=O)(O)O.[KH].[NaH]. The summed E-state index contributed by atoms with van der Waals surface area (Å²) in [4.78, 5) is 34.5. The first-order valence-corrected chi connectivity index (χ1v) is 6.82. The van der Waals surface area contributed by atoms with E-state index in [1.807, 2.05) is 0 Å². The van der Waals surface area contributed by atoms with Crippen molar-refractivity contribution in [3.63, 3.8) is 0 Å². The maximum absolute atomic E-state index is 10.7. The standard InChI is InChI=1S/C4H13NO7P2.K.Na.2H/c5-3-1-2-4(6,13(7,8)9)14(10,11)12;;;;/h6H,1-3,5H2,(H2,7,8,9)(H2,10,11,12);;;;. The molecule has 0 saturated heterocycles. The van der Waals surface area contributed by atoms with Gasteiger partial charge >= 0.3 is 96.1 Å². The van der Waals surface area contributed by atoms with Crippen LogP contribution in [0.15, 0.2) is 0 Å². The molecular weight excluding hydrogens is 298 g/mol. The minimum absolute atomic E-state index is 0.